The van der Waals surface area contributed by atoms with Crippen LogP contribution in [0.4, 0.5) is 13.2 Å². The molecule has 0 aliphatic rings. The van der Waals surface area contributed by atoms with Crippen molar-refractivity contribution in [2.45, 2.75) is 13.0 Å². The molecule has 0 saturated carbocycles. The molecule has 0 N–H and O–H groups in total. The molecule has 5 heteroatoms. The number of pyridine rings is 1. The van der Waals surface area contributed by atoms with Crippen LogP contribution in [0.2, 0.25) is 0 Å². The van der Waals surface area contributed by atoms with E-state index in [1.807, 2.05) is 0 Å². The van der Waals surface area contributed by atoms with Crippen LogP contribution >= 0.6 is 0 Å². The molecule has 1 heterocycles. The molecule has 1 rings (SSSR count). The van der Waals surface area contributed by atoms with Gasteiger partial charge in [-0.1, -0.05) is 0 Å². The summed E-state index contributed by atoms with van der Waals surface area (Å²) in [5.41, 5.74) is 0.440. The van der Waals surface area contributed by atoms with Crippen LogP contribution in [-0.4, -0.2) is 17.8 Å². The smallest absolute Gasteiger partial charge is 0.427 e. The predicted octanol–water partition coefficient (Wildman–Crippen LogP) is 2.33. The number of aryl methyl sites for hydroxylation is 1. The van der Waals surface area contributed by atoms with Gasteiger partial charge in [-0.05, 0) is 13.0 Å². The molecule has 0 saturated heterocycles. The highest BCUT2D eigenvalue weighted by atomic mass is 19.3. The van der Waals surface area contributed by atoms with E-state index >= 15 is 0 Å². The van der Waals surface area contributed by atoms with Gasteiger partial charge in [0.05, 0.1) is 0 Å². The Labute approximate surface area is 73.4 Å². The maximum Gasteiger partial charge on any atom is 0.427 e. The predicted molar refractivity (Wildman–Crippen MR) is 40.5 cm³/mol. The lowest BCUT2D eigenvalue weighted by atomic mass is 10.3. The number of nitrogens with zero attached hydrogens (tertiary/aromatic N) is 1. The second-order valence-electron chi connectivity index (χ2n) is 2.51. The fourth-order valence-corrected chi connectivity index (χ4v) is 0.763. The summed E-state index contributed by atoms with van der Waals surface area (Å²) in [5, 5.41) is 0. The average molecular weight is 191 g/mol. The lowest BCUT2D eigenvalue weighted by Crippen LogP contribution is -2.27. The summed E-state index contributed by atoms with van der Waals surface area (Å²) in [7, 11) is 0. The molecular weight excluding hydrogens is 183 g/mol. The Hall–Kier alpha value is -1.26. The van der Waals surface area contributed by atoms with Gasteiger partial charge < -0.3 is 4.74 Å². The zero-order chi connectivity index (χ0) is 9.90. The van der Waals surface area contributed by atoms with E-state index in [0.29, 0.717) is 5.56 Å². The first-order valence-electron chi connectivity index (χ1n) is 3.58. The number of hydrogen-bond acceptors (Lipinski definition) is 2. The average Bonchev–Trinajstić information content (AvgIpc) is 2.09. The van der Waals surface area contributed by atoms with E-state index in [-0.39, 0.29) is 5.75 Å². The third-order valence-electron chi connectivity index (χ3n) is 1.38. The number of ether oxygens (including phenoxy) is 1. The molecule has 0 fully saturated rings. The van der Waals surface area contributed by atoms with Crippen LogP contribution in [0.5, 0.6) is 5.75 Å². The fraction of sp³-hybridized carbons (Fsp3) is 0.375. The third-order valence-corrected chi connectivity index (χ3v) is 1.38. The van der Waals surface area contributed by atoms with Crippen molar-refractivity contribution in [2.75, 3.05) is 6.67 Å². The highest BCUT2D eigenvalue weighted by Gasteiger charge is 2.31. The normalized spacial score (nSPS) is 11.4. The molecule has 0 aliphatic heterocycles. The fourth-order valence-electron chi connectivity index (χ4n) is 0.763. The van der Waals surface area contributed by atoms with Crippen molar-refractivity contribution >= 4 is 0 Å². The lowest BCUT2D eigenvalue weighted by Gasteiger charge is -2.15. The second kappa shape index (κ2) is 3.64. The van der Waals surface area contributed by atoms with Crippen molar-refractivity contribution in [3.8, 4) is 5.75 Å². The van der Waals surface area contributed by atoms with E-state index < -0.39 is 12.8 Å². The molecule has 72 valence electrons. The van der Waals surface area contributed by atoms with Crippen LogP contribution in [0.1, 0.15) is 5.56 Å². The molecule has 2 nitrogen and oxygen atoms in total. The molecular formula is C8H8F3NO. The molecule has 0 atom stereocenters. The van der Waals surface area contributed by atoms with Gasteiger partial charge >= 0.3 is 6.11 Å². The maximum absolute atomic E-state index is 12.4. The van der Waals surface area contributed by atoms with Crippen molar-refractivity contribution in [3.05, 3.63) is 24.0 Å². The van der Waals surface area contributed by atoms with Gasteiger partial charge in [-0.3, -0.25) is 4.98 Å². The summed E-state index contributed by atoms with van der Waals surface area (Å²) in [6.45, 7) is -0.286. The van der Waals surface area contributed by atoms with E-state index in [1.54, 1.807) is 6.92 Å². The molecule has 0 aromatic carbocycles. The van der Waals surface area contributed by atoms with Crippen LogP contribution < -0.4 is 4.74 Å². The van der Waals surface area contributed by atoms with Crippen molar-refractivity contribution < 1.29 is 17.9 Å². The topological polar surface area (TPSA) is 22.1 Å². The van der Waals surface area contributed by atoms with Gasteiger partial charge in [0.1, 0.15) is 5.75 Å². The first kappa shape index (κ1) is 9.83. The Kier molecular flexibility index (Phi) is 2.75. The summed E-state index contributed by atoms with van der Waals surface area (Å²) in [4.78, 5) is 3.68. The van der Waals surface area contributed by atoms with Crippen LogP contribution in [0.3, 0.4) is 0 Å². The number of rotatable bonds is 3. The molecule has 1 aromatic rings. The summed E-state index contributed by atoms with van der Waals surface area (Å²) >= 11 is 0. The first-order valence-corrected chi connectivity index (χ1v) is 3.58. The van der Waals surface area contributed by atoms with Gasteiger partial charge in [0.15, 0.2) is 6.67 Å². The Balaban J connectivity index is 2.80. The van der Waals surface area contributed by atoms with E-state index in [9.17, 15) is 13.2 Å². The minimum absolute atomic E-state index is 0.0577. The number of hydrogen-bond donors (Lipinski definition) is 0. The Morgan fingerprint density at radius 3 is 2.77 bits per heavy atom. The number of halogens is 3. The molecule has 13 heavy (non-hydrogen) atoms. The highest BCUT2D eigenvalue weighted by Crippen LogP contribution is 2.24. The molecule has 0 spiro atoms. The summed E-state index contributed by atoms with van der Waals surface area (Å²) in [6.07, 6.45) is -1.09. The van der Waals surface area contributed by atoms with Crippen molar-refractivity contribution in [3.63, 3.8) is 0 Å². The van der Waals surface area contributed by atoms with Gasteiger partial charge in [0.25, 0.3) is 0 Å². The largest absolute Gasteiger partial charge is 0.430 e. The van der Waals surface area contributed by atoms with Crippen LogP contribution in [-0.2, 0) is 0 Å². The number of aromatic nitrogens is 1. The SMILES string of the molecule is Cc1cnccc1OC(F)(F)CF. The minimum Gasteiger partial charge on any atom is -0.430 e. The van der Waals surface area contributed by atoms with Crippen LogP contribution in [0, 0.1) is 6.92 Å². The van der Waals surface area contributed by atoms with E-state index in [4.69, 9.17) is 0 Å². The first-order chi connectivity index (χ1) is 6.05. The minimum atomic E-state index is -3.76. The third kappa shape index (κ3) is 2.61. The zero-order valence-corrected chi connectivity index (χ0v) is 6.93. The molecule has 0 unspecified atom stereocenters. The van der Waals surface area contributed by atoms with Gasteiger partial charge in [-0.25, -0.2) is 4.39 Å². The highest BCUT2D eigenvalue weighted by molar-refractivity contribution is 5.28. The second-order valence-corrected chi connectivity index (χ2v) is 2.51. The van der Waals surface area contributed by atoms with E-state index in [1.165, 1.54) is 18.5 Å². The van der Waals surface area contributed by atoms with Crippen LogP contribution in [0.15, 0.2) is 18.5 Å². The monoisotopic (exact) mass is 191 g/mol. The van der Waals surface area contributed by atoms with E-state index in [2.05, 4.69) is 9.72 Å². The Morgan fingerprint density at radius 2 is 2.23 bits per heavy atom. The summed E-state index contributed by atoms with van der Waals surface area (Å²) < 4.78 is 40.6. The summed E-state index contributed by atoms with van der Waals surface area (Å²) in [6, 6.07) is 1.26. The Bertz CT molecular complexity index is 290. The maximum atomic E-state index is 12.4. The molecule has 0 aliphatic carbocycles. The quantitative estimate of drug-likeness (QED) is 0.731. The zero-order valence-electron chi connectivity index (χ0n) is 6.93. The molecule has 0 bridgehead atoms. The van der Waals surface area contributed by atoms with Gasteiger partial charge in [0.2, 0.25) is 0 Å². The standard InChI is InChI=1S/C8H8F3NO/c1-6-4-12-3-2-7(6)13-8(10,11)5-9/h2-4H,5H2,1H3. The van der Waals surface area contributed by atoms with Crippen molar-refractivity contribution in [2.24, 2.45) is 0 Å². The van der Waals surface area contributed by atoms with E-state index in [0.717, 1.165) is 0 Å². The van der Waals surface area contributed by atoms with Crippen molar-refractivity contribution in [1.82, 2.24) is 4.98 Å². The summed E-state index contributed by atoms with van der Waals surface area (Å²) in [5.74, 6) is -0.0577. The van der Waals surface area contributed by atoms with Gasteiger partial charge in [-0.2, -0.15) is 8.78 Å². The Morgan fingerprint density at radius 1 is 1.54 bits per heavy atom. The lowest BCUT2D eigenvalue weighted by molar-refractivity contribution is -0.186. The molecule has 0 amide bonds. The van der Waals surface area contributed by atoms with Crippen LogP contribution in [0.25, 0.3) is 0 Å². The number of alkyl halides is 3. The molecule has 1 aromatic heterocycles. The molecule has 0 radical (unpaired) electrons. The van der Waals surface area contributed by atoms with Crippen molar-refractivity contribution in [1.29, 1.82) is 0 Å². The van der Waals surface area contributed by atoms with Gasteiger partial charge in [-0.15, -0.1) is 0 Å². The van der Waals surface area contributed by atoms with Gasteiger partial charge in [0, 0.05) is 18.0 Å².